The number of hydrogen-bond acceptors (Lipinski definition) is 3. The molecule has 2 aromatic rings. The standard InChI is InChI=1S/C14H16Cl2N4/c1-8-13(16)9(2)20(19-8)14-12(15)5-10(7-18-14)6-17-11-3-4-11/h5,7,11,17H,3-4,6H2,1-2H3. The number of pyridine rings is 1. The van der Waals surface area contributed by atoms with Crippen LogP contribution >= 0.6 is 23.2 Å². The van der Waals surface area contributed by atoms with E-state index < -0.39 is 0 Å². The van der Waals surface area contributed by atoms with Crippen LogP contribution in [0.4, 0.5) is 0 Å². The maximum Gasteiger partial charge on any atom is 0.172 e. The number of aromatic nitrogens is 3. The molecule has 1 saturated carbocycles. The maximum absolute atomic E-state index is 6.33. The molecule has 0 atom stereocenters. The Morgan fingerprint density at radius 3 is 2.65 bits per heavy atom. The molecular formula is C14H16Cl2N4. The van der Waals surface area contributed by atoms with E-state index in [0.29, 0.717) is 21.9 Å². The smallest absolute Gasteiger partial charge is 0.172 e. The third-order valence-electron chi connectivity index (χ3n) is 3.45. The van der Waals surface area contributed by atoms with E-state index >= 15 is 0 Å². The number of aryl methyl sites for hydroxylation is 1. The molecule has 0 saturated heterocycles. The Kier molecular flexibility index (Phi) is 3.71. The van der Waals surface area contributed by atoms with Crippen LogP contribution in [-0.2, 0) is 6.54 Å². The number of halogens is 2. The molecule has 6 heteroatoms. The van der Waals surface area contributed by atoms with Crippen molar-refractivity contribution in [3.8, 4) is 5.82 Å². The van der Waals surface area contributed by atoms with Crippen LogP contribution in [0.2, 0.25) is 10.0 Å². The minimum absolute atomic E-state index is 0.586. The second-order valence-corrected chi connectivity index (χ2v) is 5.99. The highest BCUT2D eigenvalue weighted by atomic mass is 35.5. The van der Waals surface area contributed by atoms with Crippen molar-refractivity contribution in [1.29, 1.82) is 0 Å². The summed E-state index contributed by atoms with van der Waals surface area (Å²) in [6, 6.07) is 2.60. The van der Waals surface area contributed by atoms with E-state index in [9.17, 15) is 0 Å². The summed E-state index contributed by atoms with van der Waals surface area (Å²) in [6.07, 6.45) is 4.37. The molecule has 0 spiro atoms. The van der Waals surface area contributed by atoms with Gasteiger partial charge in [0.25, 0.3) is 0 Å². The summed E-state index contributed by atoms with van der Waals surface area (Å²) in [5.41, 5.74) is 2.71. The van der Waals surface area contributed by atoms with Crippen molar-refractivity contribution in [2.24, 2.45) is 0 Å². The Balaban J connectivity index is 1.87. The summed E-state index contributed by atoms with van der Waals surface area (Å²) in [6.45, 7) is 4.58. The minimum atomic E-state index is 0.586. The Morgan fingerprint density at radius 2 is 2.10 bits per heavy atom. The van der Waals surface area contributed by atoms with Gasteiger partial charge in [-0.25, -0.2) is 9.67 Å². The highest BCUT2D eigenvalue weighted by Gasteiger charge is 2.20. The first-order chi connectivity index (χ1) is 9.56. The highest BCUT2D eigenvalue weighted by molar-refractivity contribution is 6.32. The molecule has 106 valence electrons. The predicted molar refractivity (Wildman–Crippen MR) is 80.7 cm³/mol. The van der Waals surface area contributed by atoms with E-state index in [4.69, 9.17) is 23.2 Å². The molecule has 0 amide bonds. The van der Waals surface area contributed by atoms with Crippen LogP contribution in [0.5, 0.6) is 0 Å². The van der Waals surface area contributed by atoms with Crippen LogP contribution in [0.25, 0.3) is 5.82 Å². The summed E-state index contributed by atoms with van der Waals surface area (Å²) in [7, 11) is 0. The number of hydrogen-bond donors (Lipinski definition) is 1. The van der Waals surface area contributed by atoms with Gasteiger partial charge in [-0.15, -0.1) is 0 Å². The average molecular weight is 311 g/mol. The maximum atomic E-state index is 6.33. The van der Waals surface area contributed by atoms with Crippen molar-refractivity contribution in [2.75, 3.05) is 0 Å². The quantitative estimate of drug-likeness (QED) is 0.940. The van der Waals surface area contributed by atoms with Gasteiger partial charge < -0.3 is 5.32 Å². The molecule has 1 aliphatic carbocycles. The lowest BCUT2D eigenvalue weighted by molar-refractivity contribution is 0.684. The molecule has 1 aliphatic rings. The molecule has 0 unspecified atom stereocenters. The number of nitrogens with zero attached hydrogens (tertiary/aromatic N) is 3. The molecule has 0 aliphatic heterocycles. The summed E-state index contributed by atoms with van der Waals surface area (Å²) in [4.78, 5) is 4.43. The first kappa shape index (κ1) is 13.9. The fourth-order valence-corrected chi connectivity index (χ4v) is 2.49. The lowest BCUT2D eigenvalue weighted by Gasteiger charge is -2.08. The molecular weight excluding hydrogens is 295 g/mol. The predicted octanol–water partition coefficient (Wildman–Crippen LogP) is 3.44. The first-order valence-electron chi connectivity index (χ1n) is 6.66. The summed E-state index contributed by atoms with van der Waals surface area (Å²) in [5.74, 6) is 0.620. The fourth-order valence-electron chi connectivity index (χ4n) is 2.10. The Bertz CT molecular complexity index is 647. The van der Waals surface area contributed by atoms with Crippen LogP contribution < -0.4 is 5.32 Å². The lowest BCUT2D eigenvalue weighted by Crippen LogP contribution is -2.15. The van der Waals surface area contributed by atoms with E-state index in [-0.39, 0.29) is 0 Å². The van der Waals surface area contributed by atoms with Gasteiger partial charge in [-0.3, -0.25) is 0 Å². The minimum Gasteiger partial charge on any atom is -0.310 e. The highest BCUT2D eigenvalue weighted by Crippen LogP contribution is 2.26. The van der Waals surface area contributed by atoms with E-state index in [2.05, 4.69) is 15.4 Å². The zero-order valence-corrected chi connectivity index (χ0v) is 13.0. The van der Waals surface area contributed by atoms with Crippen molar-refractivity contribution in [1.82, 2.24) is 20.1 Å². The van der Waals surface area contributed by atoms with E-state index in [1.54, 1.807) is 4.68 Å². The van der Waals surface area contributed by atoms with Crippen LogP contribution in [0.1, 0.15) is 29.8 Å². The number of rotatable bonds is 4. The van der Waals surface area contributed by atoms with Gasteiger partial charge >= 0.3 is 0 Å². The van der Waals surface area contributed by atoms with Crippen molar-refractivity contribution >= 4 is 23.2 Å². The summed E-state index contributed by atoms with van der Waals surface area (Å²) >= 11 is 12.5. The normalized spacial score (nSPS) is 14.8. The molecule has 1 N–H and O–H groups in total. The van der Waals surface area contributed by atoms with Gasteiger partial charge in [0.05, 0.1) is 21.4 Å². The monoisotopic (exact) mass is 310 g/mol. The van der Waals surface area contributed by atoms with Gasteiger partial charge in [0.15, 0.2) is 5.82 Å². The second-order valence-electron chi connectivity index (χ2n) is 5.20. The summed E-state index contributed by atoms with van der Waals surface area (Å²) < 4.78 is 1.69. The average Bonchev–Trinajstić information content (AvgIpc) is 3.21. The molecule has 0 aromatic carbocycles. The van der Waals surface area contributed by atoms with Crippen molar-refractivity contribution in [3.05, 3.63) is 39.3 Å². The molecule has 2 aromatic heterocycles. The molecule has 0 radical (unpaired) electrons. The zero-order chi connectivity index (χ0) is 14.3. The second kappa shape index (κ2) is 5.35. The van der Waals surface area contributed by atoms with Crippen LogP contribution in [0, 0.1) is 13.8 Å². The zero-order valence-electron chi connectivity index (χ0n) is 11.5. The van der Waals surface area contributed by atoms with Crippen LogP contribution in [0.3, 0.4) is 0 Å². The van der Waals surface area contributed by atoms with Gasteiger partial charge in [0.1, 0.15) is 0 Å². The molecule has 0 bridgehead atoms. The van der Waals surface area contributed by atoms with Crippen molar-refractivity contribution in [2.45, 2.75) is 39.3 Å². The SMILES string of the molecule is Cc1nn(-c2ncc(CNC3CC3)cc2Cl)c(C)c1Cl. The van der Waals surface area contributed by atoms with Gasteiger partial charge in [0.2, 0.25) is 0 Å². The topological polar surface area (TPSA) is 42.7 Å². The van der Waals surface area contributed by atoms with Crippen LogP contribution in [0.15, 0.2) is 12.3 Å². The first-order valence-corrected chi connectivity index (χ1v) is 7.41. The van der Waals surface area contributed by atoms with Crippen molar-refractivity contribution < 1.29 is 0 Å². The number of nitrogens with one attached hydrogen (secondary N) is 1. The fraction of sp³-hybridized carbons (Fsp3) is 0.429. The van der Waals surface area contributed by atoms with Crippen LogP contribution in [-0.4, -0.2) is 20.8 Å². The molecule has 4 nitrogen and oxygen atoms in total. The third-order valence-corrected chi connectivity index (χ3v) is 4.28. The molecule has 1 fully saturated rings. The Hall–Kier alpha value is -1.10. The Labute approximate surface area is 128 Å². The lowest BCUT2D eigenvalue weighted by atomic mass is 10.2. The van der Waals surface area contributed by atoms with Gasteiger partial charge in [0, 0.05) is 18.8 Å². The largest absolute Gasteiger partial charge is 0.310 e. The third kappa shape index (κ3) is 2.68. The van der Waals surface area contributed by atoms with E-state index in [1.165, 1.54) is 12.8 Å². The molecule has 2 heterocycles. The van der Waals surface area contributed by atoms with Gasteiger partial charge in [-0.2, -0.15) is 5.10 Å². The van der Waals surface area contributed by atoms with E-state index in [1.807, 2.05) is 26.1 Å². The van der Waals surface area contributed by atoms with Gasteiger partial charge in [-0.05, 0) is 38.3 Å². The van der Waals surface area contributed by atoms with Gasteiger partial charge in [-0.1, -0.05) is 23.2 Å². The van der Waals surface area contributed by atoms with Crippen molar-refractivity contribution in [3.63, 3.8) is 0 Å². The summed E-state index contributed by atoms with van der Waals surface area (Å²) in [5, 5.41) is 9.06. The Morgan fingerprint density at radius 1 is 1.35 bits per heavy atom. The molecule has 3 rings (SSSR count). The molecule has 20 heavy (non-hydrogen) atoms. The van der Waals surface area contributed by atoms with E-state index in [0.717, 1.165) is 23.5 Å².